The van der Waals surface area contributed by atoms with E-state index in [0.29, 0.717) is 11.4 Å². The number of halogens is 1. The maximum absolute atomic E-state index is 12.0. The molecule has 0 aliphatic carbocycles. The zero-order valence-electron chi connectivity index (χ0n) is 11.8. The number of nitrogens with zero attached hydrogens (tertiary/aromatic N) is 1. The molecule has 2 rings (SSSR count). The lowest BCUT2D eigenvalue weighted by Gasteiger charge is -2.08. The van der Waals surface area contributed by atoms with E-state index in [1.54, 1.807) is 36.5 Å². The molecule has 1 heterocycles. The van der Waals surface area contributed by atoms with Gasteiger partial charge in [0.2, 0.25) is 11.8 Å². The molecule has 0 saturated carbocycles. The summed E-state index contributed by atoms with van der Waals surface area (Å²) in [6, 6.07) is 9.72. The standard InChI is InChI=1S/C15H14BrN3O3/c1-10(20)17-12-3-5-13(6-4-12)18-14(21)9-19-8-11(16)2-7-15(19)22/h2-8H,9H2,1H3,(H,17,20)(H,18,21). The highest BCUT2D eigenvalue weighted by Crippen LogP contribution is 2.13. The van der Waals surface area contributed by atoms with Crippen LogP contribution in [0.1, 0.15) is 6.92 Å². The number of hydrogen-bond donors (Lipinski definition) is 2. The topological polar surface area (TPSA) is 80.2 Å². The lowest BCUT2D eigenvalue weighted by molar-refractivity contribution is -0.117. The number of amides is 2. The van der Waals surface area contributed by atoms with E-state index in [9.17, 15) is 14.4 Å². The number of anilines is 2. The van der Waals surface area contributed by atoms with E-state index in [1.807, 2.05) is 0 Å². The summed E-state index contributed by atoms with van der Waals surface area (Å²) in [7, 11) is 0. The van der Waals surface area contributed by atoms with Gasteiger partial charge in [0, 0.05) is 35.0 Å². The Bertz CT molecular complexity index is 753. The minimum absolute atomic E-state index is 0.0777. The maximum atomic E-state index is 12.0. The number of rotatable bonds is 4. The van der Waals surface area contributed by atoms with Crippen LogP contribution in [0.2, 0.25) is 0 Å². The number of aromatic nitrogens is 1. The fourth-order valence-electron chi connectivity index (χ4n) is 1.82. The first kappa shape index (κ1) is 16.0. The molecule has 1 aromatic heterocycles. The van der Waals surface area contributed by atoms with Crippen molar-refractivity contribution in [3.8, 4) is 0 Å². The second-order valence-electron chi connectivity index (χ2n) is 4.62. The Hall–Kier alpha value is -2.41. The predicted octanol–water partition coefficient (Wildman–Crippen LogP) is 2.21. The fraction of sp³-hybridized carbons (Fsp3) is 0.133. The van der Waals surface area contributed by atoms with Gasteiger partial charge < -0.3 is 15.2 Å². The molecule has 0 aliphatic heterocycles. The van der Waals surface area contributed by atoms with Crippen molar-refractivity contribution in [1.29, 1.82) is 0 Å². The van der Waals surface area contributed by atoms with Gasteiger partial charge in [0.25, 0.3) is 5.56 Å². The van der Waals surface area contributed by atoms with E-state index in [4.69, 9.17) is 0 Å². The summed E-state index contributed by atoms with van der Waals surface area (Å²) in [4.78, 5) is 34.5. The quantitative estimate of drug-likeness (QED) is 0.873. The molecular formula is C15H14BrN3O3. The Morgan fingerprint density at radius 3 is 2.23 bits per heavy atom. The molecule has 1 aromatic carbocycles. The first-order valence-corrected chi connectivity index (χ1v) is 7.27. The molecule has 0 radical (unpaired) electrons. The van der Waals surface area contributed by atoms with E-state index in [2.05, 4.69) is 26.6 Å². The third kappa shape index (κ3) is 4.56. The second kappa shape index (κ2) is 7.04. The zero-order chi connectivity index (χ0) is 16.1. The van der Waals surface area contributed by atoms with Crippen LogP contribution in [0.4, 0.5) is 11.4 Å². The Morgan fingerprint density at radius 1 is 1.05 bits per heavy atom. The fourth-order valence-corrected chi connectivity index (χ4v) is 2.20. The van der Waals surface area contributed by atoms with Crippen molar-refractivity contribution in [2.75, 3.05) is 10.6 Å². The smallest absolute Gasteiger partial charge is 0.251 e. The molecule has 114 valence electrons. The molecular weight excluding hydrogens is 350 g/mol. The van der Waals surface area contributed by atoms with Crippen LogP contribution in [0.25, 0.3) is 0 Å². The van der Waals surface area contributed by atoms with Crippen LogP contribution in [0, 0.1) is 0 Å². The first-order chi connectivity index (χ1) is 10.4. The molecule has 2 amide bonds. The minimum Gasteiger partial charge on any atom is -0.326 e. The van der Waals surface area contributed by atoms with E-state index >= 15 is 0 Å². The third-order valence-electron chi connectivity index (χ3n) is 2.75. The summed E-state index contributed by atoms with van der Waals surface area (Å²) >= 11 is 3.25. The molecule has 0 saturated heterocycles. The number of nitrogens with one attached hydrogen (secondary N) is 2. The van der Waals surface area contributed by atoms with Gasteiger partial charge in [-0.05, 0) is 46.3 Å². The van der Waals surface area contributed by atoms with E-state index < -0.39 is 0 Å². The molecule has 22 heavy (non-hydrogen) atoms. The van der Waals surface area contributed by atoms with Crippen molar-refractivity contribution in [3.63, 3.8) is 0 Å². The normalized spacial score (nSPS) is 10.1. The molecule has 7 heteroatoms. The van der Waals surface area contributed by atoms with E-state index in [1.165, 1.54) is 17.6 Å². The maximum Gasteiger partial charge on any atom is 0.251 e. The van der Waals surface area contributed by atoms with Crippen LogP contribution in [0.15, 0.2) is 51.9 Å². The highest BCUT2D eigenvalue weighted by molar-refractivity contribution is 9.10. The van der Waals surface area contributed by atoms with Crippen molar-refractivity contribution in [1.82, 2.24) is 4.57 Å². The number of carbonyl (C=O) groups is 2. The Kier molecular flexibility index (Phi) is 5.11. The van der Waals surface area contributed by atoms with Gasteiger partial charge in [-0.2, -0.15) is 0 Å². The van der Waals surface area contributed by atoms with Gasteiger partial charge >= 0.3 is 0 Å². The molecule has 0 atom stereocenters. The number of hydrogen-bond acceptors (Lipinski definition) is 3. The molecule has 2 aromatic rings. The SMILES string of the molecule is CC(=O)Nc1ccc(NC(=O)Cn2cc(Br)ccc2=O)cc1. The van der Waals surface area contributed by atoms with Crippen molar-refractivity contribution in [2.45, 2.75) is 13.5 Å². The summed E-state index contributed by atoms with van der Waals surface area (Å²) in [5.41, 5.74) is 0.982. The van der Waals surface area contributed by atoms with Gasteiger partial charge in [0.05, 0.1) is 0 Å². The summed E-state index contributed by atoms with van der Waals surface area (Å²) in [6.45, 7) is 1.34. The largest absolute Gasteiger partial charge is 0.326 e. The molecule has 0 aliphatic rings. The van der Waals surface area contributed by atoms with Crippen molar-refractivity contribution < 1.29 is 9.59 Å². The van der Waals surface area contributed by atoms with Gasteiger partial charge in [-0.15, -0.1) is 0 Å². The average Bonchev–Trinajstić information content (AvgIpc) is 2.44. The predicted molar refractivity (Wildman–Crippen MR) is 87.8 cm³/mol. The Balaban J connectivity index is 2.01. The minimum atomic E-state index is -0.313. The monoisotopic (exact) mass is 363 g/mol. The highest BCUT2D eigenvalue weighted by Gasteiger charge is 2.06. The summed E-state index contributed by atoms with van der Waals surface area (Å²) in [5, 5.41) is 5.33. The second-order valence-corrected chi connectivity index (χ2v) is 5.54. The molecule has 6 nitrogen and oxygen atoms in total. The lowest BCUT2D eigenvalue weighted by Crippen LogP contribution is -2.26. The lowest BCUT2D eigenvalue weighted by atomic mass is 10.2. The highest BCUT2D eigenvalue weighted by atomic mass is 79.9. The van der Waals surface area contributed by atoms with Gasteiger partial charge in [-0.3, -0.25) is 14.4 Å². The van der Waals surface area contributed by atoms with Crippen LogP contribution in [0.3, 0.4) is 0 Å². The molecule has 2 N–H and O–H groups in total. The summed E-state index contributed by atoms with van der Waals surface area (Å²) in [6.07, 6.45) is 1.56. The summed E-state index contributed by atoms with van der Waals surface area (Å²) < 4.78 is 2.03. The Morgan fingerprint density at radius 2 is 1.64 bits per heavy atom. The Labute approximate surface area is 135 Å². The van der Waals surface area contributed by atoms with Crippen LogP contribution in [-0.4, -0.2) is 16.4 Å². The molecule has 0 unspecified atom stereocenters. The summed E-state index contributed by atoms with van der Waals surface area (Å²) in [5.74, 6) is -0.474. The van der Waals surface area contributed by atoms with Crippen LogP contribution in [-0.2, 0) is 16.1 Å². The van der Waals surface area contributed by atoms with Crippen LogP contribution >= 0.6 is 15.9 Å². The molecule has 0 bridgehead atoms. The van der Waals surface area contributed by atoms with E-state index in [0.717, 1.165) is 4.47 Å². The third-order valence-corrected chi connectivity index (χ3v) is 3.22. The number of carbonyl (C=O) groups excluding carboxylic acids is 2. The van der Waals surface area contributed by atoms with Gasteiger partial charge in [0.1, 0.15) is 6.54 Å². The van der Waals surface area contributed by atoms with Crippen molar-refractivity contribution >= 4 is 39.1 Å². The van der Waals surface area contributed by atoms with Gasteiger partial charge in [0.15, 0.2) is 0 Å². The number of pyridine rings is 1. The van der Waals surface area contributed by atoms with Gasteiger partial charge in [-0.1, -0.05) is 0 Å². The van der Waals surface area contributed by atoms with Crippen LogP contribution < -0.4 is 16.2 Å². The van der Waals surface area contributed by atoms with Crippen molar-refractivity contribution in [3.05, 3.63) is 57.4 Å². The molecule has 0 spiro atoms. The van der Waals surface area contributed by atoms with E-state index in [-0.39, 0.29) is 23.9 Å². The number of benzene rings is 1. The zero-order valence-corrected chi connectivity index (χ0v) is 13.4. The first-order valence-electron chi connectivity index (χ1n) is 6.47. The van der Waals surface area contributed by atoms with Crippen molar-refractivity contribution in [2.24, 2.45) is 0 Å². The molecule has 0 fully saturated rings. The van der Waals surface area contributed by atoms with Gasteiger partial charge in [-0.25, -0.2) is 0 Å². The average molecular weight is 364 g/mol. The van der Waals surface area contributed by atoms with Crippen LogP contribution in [0.5, 0.6) is 0 Å².